The van der Waals surface area contributed by atoms with Crippen LogP contribution in [-0.4, -0.2) is 59.7 Å². The van der Waals surface area contributed by atoms with Crippen LogP contribution in [0.15, 0.2) is 30.3 Å². The molecule has 0 spiro atoms. The molecule has 2 aliphatic rings. The van der Waals surface area contributed by atoms with Crippen molar-refractivity contribution >= 4 is 23.8 Å². The first kappa shape index (κ1) is 20.1. The molecule has 3 rings (SSSR count). The highest BCUT2D eigenvalue weighted by molar-refractivity contribution is 5.95. The fourth-order valence-corrected chi connectivity index (χ4v) is 3.12. The molecule has 1 saturated carbocycles. The highest BCUT2D eigenvalue weighted by atomic mass is 16.2. The highest BCUT2D eigenvalue weighted by Gasteiger charge is 2.30. The van der Waals surface area contributed by atoms with Crippen LogP contribution in [0.3, 0.4) is 0 Å². The number of nitrogens with one attached hydrogen (secondary N) is 1. The normalized spacial score (nSPS) is 17.7. The van der Waals surface area contributed by atoms with Crippen LogP contribution < -0.4 is 5.32 Å². The summed E-state index contributed by atoms with van der Waals surface area (Å²) in [4.78, 5) is 40.3. The molecule has 0 bridgehead atoms. The molecular formula is C22H29N3O3. The van der Waals surface area contributed by atoms with Crippen LogP contribution >= 0.6 is 0 Å². The zero-order valence-electron chi connectivity index (χ0n) is 16.9. The number of carbonyl (C=O) groups excluding carboxylic acids is 3. The van der Waals surface area contributed by atoms with Gasteiger partial charge < -0.3 is 15.1 Å². The van der Waals surface area contributed by atoms with Gasteiger partial charge in [0.25, 0.3) is 5.91 Å². The third-order valence-corrected chi connectivity index (χ3v) is 5.02. The Morgan fingerprint density at radius 1 is 0.964 bits per heavy atom. The number of nitrogens with zero attached hydrogens (tertiary/aromatic N) is 2. The van der Waals surface area contributed by atoms with Crippen LogP contribution in [0, 0.1) is 5.41 Å². The molecule has 1 aliphatic carbocycles. The standard InChI is InChI=1S/C22H29N3O3/c1-22(2,3)21(28)25-14-12-24(13-15-25)19(26)11-6-16-4-7-17(8-5-16)20(27)23-18-9-10-18/h4-8,11,18H,9-10,12-15H2,1-3H3,(H,23,27)/b11-6+. The van der Waals surface area contributed by atoms with Crippen LogP contribution in [-0.2, 0) is 9.59 Å². The van der Waals surface area contributed by atoms with E-state index in [1.807, 2.05) is 37.8 Å². The fourth-order valence-electron chi connectivity index (χ4n) is 3.12. The van der Waals surface area contributed by atoms with E-state index in [0.29, 0.717) is 37.8 Å². The summed E-state index contributed by atoms with van der Waals surface area (Å²) in [5.41, 5.74) is 1.11. The molecule has 2 fully saturated rings. The Balaban J connectivity index is 1.50. The van der Waals surface area contributed by atoms with Crippen LogP contribution in [0.1, 0.15) is 49.5 Å². The number of amides is 3. The SMILES string of the molecule is CC(C)(C)C(=O)N1CCN(C(=O)/C=C/c2ccc(C(=O)NC3CC3)cc2)CC1. The lowest BCUT2D eigenvalue weighted by Gasteiger charge is -2.37. The lowest BCUT2D eigenvalue weighted by molar-refractivity contribution is -0.143. The van der Waals surface area contributed by atoms with E-state index in [9.17, 15) is 14.4 Å². The Labute approximate surface area is 166 Å². The maximum absolute atomic E-state index is 12.4. The van der Waals surface area contributed by atoms with Gasteiger partial charge in [-0.15, -0.1) is 0 Å². The van der Waals surface area contributed by atoms with Crippen molar-refractivity contribution in [2.45, 2.75) is 39.7 Å². The van der Waals surface area contributed by atoms with Crippen molar-refractivity contribution in [2.24, 2.45) is 5.41 Å². The lowest BCUT2D eigenvalue weighted by Crippen LogP contribution is -2.52. The number of carbonyl (C=O) groups is 3. The number of rotatable bonds is 4. The van der Waals surface area contributed by atoms with E-state index >= 15 is 0 Å². The molecule has 150 valence electrons. The van der Waals surface area contributed by atoms with Gasteiger partial charge >= 0.3 is 0 Å². The molecule has 1 N–H and O–H groups in total. The van der Waals surface area contributed by atoms with Crippen molar-refractivity contribution in [3.8, 4) is 0 Å². The summed E-state index contributed by atoms with van der Waals surface area (Å²) in [6, 6.07) is 7.57. The van der Waals surface area contributed by atoms with Gasteiger partial charge in [0.1, 0.15) is 0 Å². The monoisotopic (exact) mass is 383 g/mol. The molecule has 0 atom stereocenters. The minimum Gasteiger partial charge on any atom is -0.349 e. The predicted molar refractivity (Wildman–Crippen MR) is 109 cm³/mol. The highest BCUT2D eigenvalue weighted by Crippen LogP contribution is 2.20. The first-order valence-corrected chi connectivity index (χ1v) is 9.91. The van der Waals surface area contributed by atoms with Crippen molar-refractivity contribution in [2.75, 3.05) is 26.2 Å². The van der Waals surface area contributed by atoms with Gasteiger partial charge in [0.05, 0.1) is 0 Å². The molecule has 0 radical (unpaired) electrons. The van der Waals surface area contributed by atoms with E-state index in [1.54, 1.807) is 29.2 Å². The van der Waals surface area contributed by atoms with E-state index in [4.69, 9.17) is 0 Å². The molecular weight excluding hydrogens is 354 g/mol. The molecule has 28 heavy (non-hydrogen) atoms. The summed E-state index contributed by atoms with van der Waals surface area (Å²) < 4.78 is 0. The molecule has 6 heteroatoms. The average molecular weight is 383 g/mol. The summed E-state index contributed by atoms with van der Waals surface area (Å²) in [6.07, 6.45) is 5.44. The van der Waals surface area contributed by atoms with Crippen molar-refractivity contribution in [1.82, 2.24) is 15.1 Å². The van der Waals surface area contributed by atoms with Crippen LogP contribution in [0.2, 0.25) is 0 Å². The molecule has 1 aromatic rings. The van der Waals surface area contributed by atoms with Crippen LogP contribution in [0.4, 0.5) is 0 Å². The van der Waals surface area contributed by atoms with E-state index in [2.05, 4.69) is 5.32 Å². The van der Waals surface area contributed by atoms with Crippen molar-refractivity contribution < 1.29 is 14.4 Å². The van der Waals surface area contributed by atoms with E-state index < -0.39 is 5.41 Å². The Morgan fingerprint density at radius 2 is 1.54 bits per heavy atom. The summed E-state index contributed by atoms with van der Waals surface area (Å²) >= 11 is 0. The quantitative estimate of drug-likeness (QED) is 0.811. The molecule has 3 amide bonds. The zero-order valence-corrected chi connectivity index (χ0v) is 16.9. The van der Waals surface area contributed by atoms with Gasteiger partial charge in [-0.25, -0.2) is 0 Å². The molecule has 0 unspecified atom stereocenters. The maximum Gasteiger partial charge on any atom is 0.251 e. The van der Waals surface area contributed by atoms with Crippen molar-refractivity contribution in [3.05, 3.63) is 41.5 Å². The van der Waals surface area contributed by atoms with E-state index in [-0.39, 0.29) is 17.7 Å². The van der Waals surface area contributed by atoms with Gasteiger partial charge in [-0.1, -0.05) is 32.9 Å². The Kier molecular flexibility index (Phi) is 5.87. The number of hydrogen-bond acceptors (Lipinski definition) is 3. The number of piperazine rings is 1. The van der Waals surface area contributed by atoms with Gasteiger partial charge in [-0.05, 0) is 36.6 Å². The number of benzene rings is 1. The summed E-state index contributed by atoms with van der Waals surface area (Å²) in [5, 5.41) is 2.96. The smallest absolute Gasteiger partial charge is 0.251 e. The third-order valence-electron chi connectivity index (χ3n) is 5.02. The Hall–Kier alpha value is -2.63. The predicted octanol–water partition coefficient (Wildman–Crippen LogP) is 2.31. The summed E-state index contributed by atoms with van der Waals surface area (Å²) in [7, 11) is 0. The number of hydrogen-bond donors (Lipinski definition) is 1. The van der Waals surface area contributed by atoms with Crippen molar-refractivity contribution in [1.29, 1.82) is 0 Å². The lowest BCUT2D eigenvalue weighted by atomic mass is 9.94. The third kappa shape index (κ3) is 5.21. The topological polar surface area (TPSA) is 69.7 Å². The molecule has 1 saturated heterocycles. The van der Waals surface area contributed by atoms with Crippen molar-refractivity contribution in [3.63, 3.8) is 0 Å². The molecule has 1 aliphatic heterocycles. The first-order valence-electron chi connectivity index (χ1n) is 9.91. The van der Waals surface area contributed by atoms with Gasteiger partial charge in [0.15, 0.2) is 0 Å². The molecule has 0 aromatic heterocycles. The van der Waals surface area contributed by atoms with Gasteiger partial charge in [0, 0.05) is 49.3 Å². The fraction of sp³-hybridized carbons (Fsp3) is 0.500. The first-order chi connectivity index (χ1) is 13.2. The maximum atomic E-state index is 12.4. The molecule has 1 heterocycles. The second kappa shape index (κ2) is 8.17. The minimum absolute atomic E-state index is 0.0446. The van der Waals surface area contributed by atoms with Gasteiger partial charge in [-0.3, -0.25) is 14.4 Å². The minimum atomic E-state index is -0.395. The zero-order chi connectivity index (χ0) is 20.3. The van der Waals surface area contributed by atoms with Gasteiger partial charge in [0.2, 0.25) is 11.8 Å². The Bertz CT molecular complexity index is 765. The van der Waals surface area contributed by atoms with E-state index in [1.165, 1.54) is 0 Å². The summed E-state index contributed by atoms with van der Waals surface area (Å²) in [5.74, 6) is 0.0242. The second-order valence-corrected chi connectivity index (χ2v) is 8.57. The largest absolute Gasteiger partial charge is 0.349 e. The molecule has 1 aromatic carbocycles. The van der Waals surface area contributed by atoms with E-state index in [0.717, 1.165) is 18.4 Å². The van der Waals surface area contributed by atoms with Gasteiger partial charge in [-0.2, -0.15) is 0 Å². The molecule has 6 nitrogen and oxygen atoms in total. The summed E-state index contributed by atoms with van der Waals surface area (Å²) in [6.45, 7) is 7.97. The second-order valence-electron chi connectivity index (χ2n) is 8.57. The average Bonchev–Trinajstić information content (AvgIpc) is 3.49. The van der Waals surface area contributed by atoms with Crippen LogP contribution in [0.5, 0.6) is 0 Å². The van der Waals surface area contributed by atoms with Crippen LogP contribution in [0.25, 0.3) is 6.08 Å². The Morgan fingerprint density at radius 3 is 2.07 bits per heavy atom.